The molecule has 0 radical (unpaired) electrons. The topological polar surface area (TPSA) is 4.93 Å². The summed E-state index contributed by atoms with van der Waals surface area (Å²) in [6.45, 7) is 0. The fourth-order valence-corrected chi connectivity index (χ4v) is 7.45. The second-order valence-electron chi connectivity index (χ2n) is 9.87. The molecular weight excluding hydrogens is 502 g/mol. The lowest BCUT2D eigenvalue weighted by Crippen LogP contribution is -2.00. The van der Waals surface area contributed by atoms with Gasteiger partial charge in [0.2, 0.25) is 0 Å². The Morgan fingerprint density at radius 2 is 1.37 bits per heavy atom. The summed E-state index contributed by atoms with van der Waals surface area (Å²) in [5.41, 5.74) is 8.70. The fourth-order valence-electron chi connectivity index (χ4n) is 6.00. The van der Waals surface area contributed by atoms with Crippen LogP contribution in [0.15, 0.2) is 131 Å². The zero-order valence-corrected chi connectivity index (χ0v) is 22.1. The van der Waals surface area contributed by atoms with Crippen LogP contribution in [0.2, 0.25) is 5.02 Å². The quantitative estimate of drug-likeness (QED) is 0.218. The fraction of sp³-hybridized carbons (Fsp3) is 0.0286. The third-order valence-corrected chi connectivity index (χ3v) is 9.29. The SMILES string of the molecule is Clc1cccc2c1Cc1ccc(-c3cc4c(c5ccccc35)c3ccccc3n4-c3ccccc3)cc1S2. The maximum atomic E-state index is 6.54. The van der Waals surface area contributed by atoms with E-state index in [1.807, 2.05) is 23.9 Å². The van der Waals surface area contributed by atoms with Gasteiger partial charge in [0.1, 0.15) is 0 Å². The molecule has 0 spiro atoms. The summed E-state index contributed by atoms with van der Waals surface area (Å²) in [6.07, 6.45) is 0.875. The molecule has 180 valence electrons. The van der Waals surface area contributed by atoms with Crippen molar-refractivity contribution in [3.05, 3.63) is 137 Å². The molecule has 0 aliphatic carbocycles. The van der Waals surface area contributed by atoms with Crippen molar-refractivity contribution in [1.82, 2.24) is 4.57 Å². The summed E-state index contributed by atoms with van der Waals surface area (Å²) in [5.74, 6) is 0. The van der Waals surface area contributed by atoms with Gasteiger partial charge in [-0.1, -0.05) is 102 Å². The standard InChI is InChI=1S/C35H22ClNS/c36-30-14-8-16-33-29(30)19-23-18-17-22(20-34(23)38-33)28-21-32-35(26-12-5-4-11-25(26)28)27-13-6-7-15-31(27)37(32)24-9-2-1-3-10-24/h1-18,20-21H,19H2. The van der Waals surface area contributed by atoms with E-state index < -0.39 is 0 Å². The second kappa shape index (κ2) is 8.52. The lowest BCUT2D eigenvalue weighted by molar-refractivity contribution is 1.06. The lowest BCUT2D eigenvalue weighted by Gasteiger charge is -2.21. The minimum absolute atomic E-state index is 0.856. The van der Waals surface area contributed by atoms with Gasteiger partial charge in [-0.25, -0.2) is 0 Å². The lowest BCUT2D eigenvalue weighted by atomic mass is 9.93. The van der Waals surface area contributed by atoms with Crippen molar-refractivity contribution in [1.29, 1.82) is 0 Å². The number of hydrogen-bond donors (Lipinski definition) is 0. The Bertz CT molecular complexity index is 2040. The highest BCUT2D eigenvalue weighted by Crippen LogP contribution is 2.45. The molecule has 0 saturated carbocycles. The van der Waals surface area contributed by atoms with Gasteiger partial charge in [0, 0.05) is 37.7 Å². The molecule has 6 aromatic carbocycles. The number of halogens is 1. The maximum Gasteiger partial charge on any atom is 0.0553 e. The molecule has 2 heterocycles. The van der Waals surface area contributed by atoms with Crippen molar-refractivity contribution in [2.24, 2.45) is 0 Å². The molecule has 1 aromatic heterocycles. The molecule has 1 aliphatic heterocycles. The molecule has 0 atom stereocenters. The number of rotatable bonds is 2. The highest BCUT2D eigenvalue weighted by Gasteiger charge is 2.21. The number of hydrogen-bond acceptors (Lipinski definition) is 1. The van der Waals surface area contributed by atoms with Crippen molar-refractivity contribution < 1.29 is 0 Å². The first-order valence-corrected chi connectivity index (χ1v) is 14.0. The minimum Gasteiger partial charge on any atom is -0.309 e. The highest BCUT2D eigenvalue weighted by molar-refractivity contribution is 7.99. The molecule has 0 N–H and O–H groups in total. The van der Waals surface area contributed by atoms with Crippen LogP contribution in [0.3, 0.4) is 0 Å². The molecule has 0 unspecified atom stereocenters. The van der Waals surface area contributed by atoms with E-state index in [2.05, 4.69) is 114 Å². The van der Waals surface area contributed by atoms with E-state index in [1.54, 1.807) is 0 Å². The first-order valence-electron chi connectivity index (χ1n) is 12.8. The van der Waals surface area contributed by atoms with Crippen LogP contribution in [-0.4, -0.2) is 4.57 Å². The third-order valence-electron chi connectivity index (χ3n) is 7.73. The Balaban J connectivity index is 1.42. The van der Waals surface area contributed by atoms with Gasteiger partial charge in [-0.2, -0.15) is 0 Å². The van der Waals surface area contributed by atoms with Crippen LogP contribution in [0.25, 0.3) is 49.4 Å². The summed E-state index contributed by atoms with van der Waals surface area (Å²) in [5, 5.41) is 6.01. The second-order valence-corrected chi connectivity index (χ2v) is 11.4. The van der Waals surface area contributed by atoms with Crippen LogP contribution in [-0.2, 0) is 6.42 Å². The van der Waals surface area contributed by atoms with Gasteiger partial charge in [-0.3, -0.25) is 0 Å². The van der Waals surface area contributed by atoms with Gasteiger partial charge in [-0.15, -0.1) is 0 Å². The van der Waals surface area contributed by atoms with Gasteiger partial charge >= 0.3 is 0 Å². The van der Waals surface area contributed by atoms with E-state index in [4.69, 9.17) is 11.6 Å². The van der Waals surface area contributed by atoms with Crippen molar-refractivity contribution in [2.75, 3.05) is 0 Å². The molecule has 0 bridgehead atoms. The number of nitrogens with zero attached hydrogens (tertiary/aromatic N) is 1. The highest BCUT2D eigenvalue weighted by atomic mass is 35.5. The van der Waals surface area contributed by atoms with Gasteiger partial charge < -0.3 is 4.57 Å². The van der Waals surface area contributed by atoms with Crippen molar-refractivity contribution in [3.8, 4) is 16.8 Å². The van der Waals surface area contributed by atoms with Gasteiger partial charge in [0.05, 0.1) is 11.0 Å². The zero-order valence-electron chi connectivity index (χ0n) is 20.5. The molecule has 1 aliphatic rings. The minimum atomic E-state index is 0.856. The van der Waals surface area contributed by atoms with Crippen LogP contribution in [0.5, 0.6) is 0 Å². The van der Waals surface area contributed by atoms with E-state index in [-0.39, 0.29) is 0 Å². The van der Waals surface area contributed by atoms with Crippen molar-refractivity contribution in [2.45, 2.75) is 16.2 Å². The predicted octanol–water partition coefficient (Wildman–Crippen LogP) is 10.3. The average Bonchev–Trinajstić information content (AvgIpc) is 3.31. The predicted molar refractivity (Wildman–Crippen MR) is 162 cm³/mol. The third kappa shape index (κ3) is 3.27. The van der Waals surface area contributed by atoms with E-state index in [9.17, 15) is 0 Å². The zero-order chi connectivity index (χ0) is 25.2. The van der Waals surface area contributed by atoms with Gasteiger partial charge in [-0.05, 0) is 75.5 Å². The molecule has 3 heteroatoms. The van der Waals surface area contributed by atoms with Gasteiger partial charge in [0.15, 0.2) is 0 Å². The molecule has 1 nitrogen and oxygen atoms in total. The summed E-state index contributed by atoms with van der Waals surface area (Å²) in [7, 11) is 0. The van der Waals surface area contributed by atoms with Crippen molar-refractivity contribution >= 4 is 55.9 Å². The monoisotopic (exact) mass is 523 g/mol. The molecule has 8 rings (SSSR count). The Hall–Kier alpha value is -3.98. The number of fused-ring (bicyclic) bond motifs is 7. The molecule has 7 aromatic rings. The Morgan fingerprint density at radius 3 is 2.24 bits per heavy atom. The molecule has 38 heavy (non-hydrogen) atoms. The summed E-state index contributed by atoms with van der Waals surface area (Å²) in [6, 6.07) is 43.9. The van der Waals surface area contributed by atoms with Crippen LogP contribution in [0.1, 0.15) is 11.1 Å². The van der Waals surface area contributed by atoms with E-state index >= 15 is 0 Å². The first-order chi connectivity index (χ1) is 18.8. The molecule has 0 saturated heterocycles. The number of benzene rings is 6. The van der Waals surface area contributed by atoms with E-state index in [1.165, 1.54) is 70.3 Å². The largest absolute Gasteiger partial charge is 0.309 e. The van der Waals surface area contributed by atoms with Crippen molar-refractivity contribution in [3.63, 3.8) is 0 Å². The van der Waals surface area contributed by atoms with Crippen LogP contribution in [0.4, 0.5) is 0 Å². The Morgan fingerprint density at radius 1 is 0.605 bits per heavy atom. The summed E-state index contributed by atoms with van der Waals surface area (Å²) >= 11 is 8.37. The van der Waals surface area contributed by atoms with Crippen LogP contribution >= 0.6 is 23.4 Å². The smallest absolute Gasteiger partial charge is 0.0553 e. The first kappa shape index (κ1) is 22.0. The summed E-state index contributed by atoms with van der Waals surface area (Å²) in [4.78, 5) is 2.57. The Labute approximate surface area is 230 Å². The normalized spacial score (nSPS) is 12.7. The summed E-state index contributed by atoms with van der Waals surface area (Å²) < 4.78 is 2.41. The average molecular weight is 524 g/mol. The van der Waals surface area contributed by atoms with E-state index in [0.29, 0.717) is 0 Å². The van der Waals surface area contributed by atoms with Crippen LogP contribution in [0, 0.1) is 0 Å². The van der Waals surface area contributed by atoms with E-state index in [0.717, 1.165) is 11.4 Å². The molecule has 0 fully saturated rings. The maximum absolute atomic E-state index is 6.54. The number of para-hydroxylation sites is 2. The van der Waals surface area contributed by atoms with Gasteiger partial charge in [0.25, 0.3) is 0 Å². The molecular formula is C35H22ClNS. The number of aromatic nitrogens is 1. The molecule has 0 amide bonds. The Kier molecular flexibility index (Phi) is 4.95. The van der Waals surface area contributed by atoms with Crippen LogP contribution < -0.4 is 0 Å².